The topological polar surface area (TPSA) is 55.5 Å². The van der Waals surface area contributed by atoms with Gasteiger partial charge in [0.1, 0.15) is 5.02 Å². The fourth-order valence-corrected chi connectivity index (χ4v) is 2.11. The van der Waals surface area contributed by atoms with Gasteiger partial charge in [0.2, 0.25) is 0 Å². The average molecular weight is 289 g/mol. The van der Waals surface area contributed by atoms with Crippen molar-refractivity contribution in [3.63, 3.8) is 0 Å². The first-order chi connectivity index (χ1) is 9.45. The van der Waals surface area contributed by atoms with Gasteiger partial charge in [0.15, 0.2) is 0 Å². The number of nitrogens with zero attached hydrogens (tertiary/aromatic N) is 2. The molecule has 0 spiro atoms. The van der Waals surface area contributed by atoms with Gasteiger partial charge in [-0.1, -0.05) is 23.7 Å². The second kappa shape index (κ2) is 5.84. The van der Waals surface area contributed by atoms with E-state index in [2.05, 4.69) is 11.1 Å². The van der Waals surface area contributed by atoms with E-state index in [1.54, 1.807) is 12.3 Å². The Bertz CT molecular complexity index is 676. The molecule has 0 saturated carbocycles. The highest BCUT2D eigenvalue weighted by atomic mass is 35.5. The normalized spacial score (nSPS) is 10.9. The molecule has 0 saturated heterocycles. The number of benzene rings is 2. The first kappa shape index (κ1) is 14.2. The number of aryl methyl sites for hydroxylation is 2. The molecule has 2 rings (SSSR count). The van der Waals surface area contributed by atoms with E-state index in [0.717, 1.165) is 16.8 Å². The monoisotopic (exact) mass is 288 g/mol. The van der Waals surface area contributed by atoms with Crippen molar-refractivity contribution < 1.29 is 4.92 Å². The van der Waals surface area contributed by atoms with Crippen LogP contribution in [0.3, 0.4) is 0 Å². The lowest BCUT2D eigenvalue weighted by atomic mass is 10.1. The molecule has 5 heteroatoms. The van der Waals surface area contributed by atoms with Crippen molar-refractivity contribution in [1.82, 2.24) is 0 Å². The average Bonchev–Trinajstić information content (AvgIpc) is 2.36. The fourth-order valence-electron chi connectivity index (χ4n) is 1.92. The summed E-state index contributed by atoms with van der Waals surface area (Å²) in [6.07, 6.45) is 1.59. The quantitative estimate of drug-likeness (QED) is 0.470. The van der Waals surface area contributed by atoms with E-state index in [1.165, 1.54) is 12.1 Å². The van der Waals surface area contributed by atoms with E-state index in [0.29, 0.717) is 5.56 Å². The molecule has 0 heterocycles. The third-order valence-electron chi connectivity index (χ3n) is 2.74. The minimum Gasteiger partial charge on any atom is -0.258 e. The molecule has 0 aliphatic heterocycles. The molecular weight excluding hydrogens is 276 g/mol. The number of hydrogen-bond donors (Lipinski definition) is 0. The van der Waals surface area contributed by atoms with Gasteiger partial charge in [0.05, 0.1) is 10.6 Å². The number of halogens is 1. The highest BCUT2D eigenvalue weighted by Crippen LogP contribution is 2.25. The molecule has 0 N–H and O–H groups in total. The number of nitro benzene ring substituents is 1. The Morgan fingerprint density at radius 2 is 1.80 bits per heavy atom. The molecule has 20 heavy (non-hydrogen) atoms. The zero-order valence-electron chi connectivity index (χ0n) is 11.1. The van der Waals surface area contributed by atoms with Gasteiger partial charge in [-0.15, -0.1) is 0 Å². The lowest BCUT2D eigenvalue weighted by Crippen LogP contribution is -1.91. The highest BCUT2D eigenvalue weighted by molar-refractivity contribution is 6.32. The fraction of sp³-hybridized carbons (Fsp3) is 0.133. The summed E-state index contributed by atoms with van der Waals surface area (Å²) in [4.78, 5) is 14.6. The Morgan fingerprint density at radius 1 is 1.15 bits per heavy atom. The van der Waals surface area contributed by atoms with Gasteiger partial charge in [-0.25, -0.2) is 0 Å². The van der Waals surface area contributed by atoms with Crippen molar-refractivity contribution in [2.75, 3.05) is 0 Å². The zero-order valence-corrected chi connectivity index (χ0v) is 11.9. The molecule has 0 amide bonds. The van der Waals surface area contributed by atoms with Crippen molar-refractivity contribution >= 4 is 29.2 Å². The largest absolute Gasteiger partial charge is 0.288 e. The summed E-state index contributed by atoms with van der Waals surface area (Å²) in [5.41, 5.74) is 3.59. The standard InChI is InChI=1S/C15H13ClN2O2/c1-10-5-11(2)7-13(6-10)17-9-12-3-4-14(16)15(8-12)18(19)20/h3-9H,1-2H3. The SMILES string of the molecule is Cc1cc(C)cc(N=Cc2ccc(Cl)c([N+](=O)[O-])c2)c1. The third-order valence-corrected chi connectivity index (χ3v) is 3.06. The highest BCUT2D eigenvalue weighted by Gasteiger charge is 2.11. The van der Waals surface area contributed by atoms with Gasteiger partial charge in [-0.05, 0) is 48.7 Å². The van der Waals surface area contributed by atoms with Crippen LogP contribution < -0.4 is 0 Å². The lowest BCUT2D eigenvalue weighted by Gasteiger charge is -2.00. The van der Waals surface area contributed by atoms with Crippen LogP contribution in [0.4, 0.5) is 11.4 Å². The van der Waals surface area contributed by atoms with Crippen LogP contribution in [-0.2, 0) is 0 Å². The van der Waals surface area contributed by atoms with Crippen LogP contribution in [0.15, 0.2) is 41.4 Å². The molecule has 0 aliphatic carbocycles. The predicted molar refractivity (Wildman–Crippen MR) is 81.3 cm³/mol. The molecule has 2 aromatic rings. The van der Waals surface area contributed by atoms with E-state index >= 15 is 0 Å². The molecule has 0 aliphatic rings. The summed E-state index contributed by atoms with van der Waals surface area (Å²) in [5, 5.41) is 10.9. The van der Waals surface area contributed by atoms with Crippen molar-refractivity contribution in [3.8, 4) is 0 Å². The van der Waals surface area contributed by atoms with E-state index in [1.807, 2.05) is 26.0 Å². The maximum absolute atomic E-state index is 10.8. The van der Waals surface area contributed by atoms with Gasteiger partial charge in [-0.3, -0.25) is 15.1 Å². The van der Waals surface area contributed by atoms with Crippen LogP contribution in [0.5, 0.6) is 0 Å². The molecular formula is C15H13ClN2O2. The summed E-state index contributed by atoms with van der Waals surface area (Å²) in [6.45, 7) is 4.00. The molecule has 0 radical (unpaired) electrons. The minimum atomic E-state index is -0.503. The maximum Gasteiger partial charge on any atom is 0.288 e. The van der Waals surface area contributed by atoms with Crippen LogP contribution in [0, 0.1) is 24.0 Å². The Labute approximate surface area is 121 Å². The van der Waals surface area contributed by atoms with Gasteiger partial charge < -0.3 is 0 Å². The Balaban J connectivity index is 2.31. The minimum absolute atomic E-state index is 0.115. The van der Waals surface area contributed by atoms with Crippen molar-refractivity contribution in [2.24, 2.45) is 4.99 Å². The lowest BCUT2D eigenvalue weighted by molar-refractivity contribution is -0.384. The van der Waals surface area contributed by atoms with Crippen molar-refractivity contribution in [3.05, 3.63) is 68.2 Å². The first-order valence-corrected chi connectivity index (χ1v) is 6.40. The van der Waals surface area contributed by atoms with Gasteiger partial charge in [-0.2, -0.15) is 0 Å². The van der Waals surface area contributed by atoms with Crippen LogP contribution in [-0.4, -0.2) is 11.1 Å². The molecule has 0 unspecified atom stereocenters. The molecule has 102 valence electrons. The third kappa shape index (κ3) is 3.42. The summed E-state index contributed by atoms with van der Waals surface area (Å²) < 4.78 is 0. The Hall–Kier alpha value is -2.20. The van der Waals surface area contributed by atoms with Gasteiger partial charge in [0.25, 0.3) is 5.69 Å². The van der Waals surface area contributed by atoms with E-state index in [4.69, 9.17) is 11.6 Å². The Morgan fingerprint density at radius 3 is 2.40 bits per heavy atom. The van der Waals surface area contributed by atoms with Crippen LogP contribution >= 0.6 is 11.6 Å². The maximum atomic E-state index is 10.8. The molecule has 2 aromatic carbocycles. The van der Waals surface area contributed by atoms with Crippen LogP contribution in [0.25, 0.3) is 0 Å². The number of rotatable bonds is 3. The number of hydrogen-bond acceptors (Lipinski definition) is 3. The van der Waals surface area contributed by atoms with Crippen molar-refractivity contribution in [2.45, 2.75) is 13.8 Å². The van der Waals surface area contributed by atoms with E-state index in [9.17, 15) is 10.1 Å². The van der Waals surface area contributed by atoms with E-state index in [-0.39, 0.29) is 10.7 Å². The summed E-state index contributed by atoms with van der Waals surface area (Å²) in [5.74, 6) is 0. The van der Waals surface area contributed by atoms with Crippen LogP contribution in [0.1, 0.15) is 16.7 Å². The number of aliphatic imine (C=N–C) groups is 1. The molecule has 0 aromatic heterocycles. The summed E-state index contributed by atoms with van der Waals surface area (Å²) in [6, 6.07) is 10.6. The Kier molecular flexibility index (Phi) is 4.15. The first-order valence-electron chi connectivity index (χ1n) is 6.02. The summed E-state index contributed by atoms with van der Waals surface area (Å²) in [7, 11) is 0. The predicted octanol–water partition coefficient (Wildman–Crippen LogP) is 4.62. The van der Waals surface area contributed by atoms with Gasteiger partial charge in [0, 0.05) is 12.3 Å². The molecule has 0 fully saturated rings. The van der Waals surface area contributed by atoms with Crippen molar-refractivity contribution in [1.29, 1.82) is 0 Å². The second-order valence-corrected chi connectivity index (χ2v) is 4.98. The smallest absolute Gasteiger partial charge is 0.258 e. The van der Waals surface area contributed by atoms with E-state index < -0.39 is 4.92 Å². The summed E-state index contributed by atoms with van der Waals surface area (Å²) >= 11 is 5.76. The molecule has 0 atom stereocenters. The molecule has 0 bridgehead atoms. The number of nitro groups is 1. The second-order valence-electron chi connectivity index (χ2n) is 4.57. The zero-order chi connectivity index (χ0) is 14.7. The van der Waals surface area contributed by atoms with Gasteiger partial charge >= 0.3 is 0 Å². The molecule has 4 nitrogen and oxygen atoms in total. The van der Waals surface area contributed by atoms with Crippen LogP contribution in [0.2, 0.25) is 5.02 Å².